The molecule has 0 aromatic heterocycles. The van der Waals surface area contributed by atoms with Gasteiger partial charge in [-0.1, -0.05) is 91.4 Å². The van der Waals surface area contributed by atoms with Crippen molar-refractivity contribution >= 4 is 12.3 Å². The Morgan fingerprint density at radius 2 is 1.59 bits per heavy atom. The summed E-state index contributed by atoms with van der Waals surface area (Å²) >= 11 is 0. The van der Waals surface area contributed by atoms with Crippen molar-refractivity contribution in [3.05, 3.63) is 118 Å². The number of carbonyl (C=O) groups is 2. The Hall–Kier alpha value is -4.58. The predicted molar refractivity (Wildman–Crippen MR) is 323 cm³/mol. The van der Waals surface area contributed by atoms with Gasteiger partial charge in [0, 0.05) is 65.0 Å². The van der Waals surface area contributed by atoms with Gasteiger partial charge in [0.15, 0.2) is 0 Å². The highest BCUT2D eigenvalue weighted by molar-refractivity contribution is 5.86. The number of ether oxygens (including phenoxy) is 2. The van der Waals surface area contributed by atoms with Crippen LogP contribution in [0.25, 0.3) is 0 Å². The highest BCUT2D eigenvalue weighted by Crippen LogP contribution is 2.83. The third-order valence-corrected chi connectivity index (χ3v) is 28.9. The lowest BCUT2D eigenvalue weighted by Crippen LogP contribution is -2.84. The van der Waals surface area contributed by atoms with E-state index >= 15 is 20.1 Å². The first kappa shape index (κ1) is 54.6. The zero-order chi connectivity index (χ0) is 57.6. The van der Waals surface area contributed by atoms with Crippen molar-refractivity contribution in [2.75, 3.05) is 7.05 Å². The lowest BCUT2D eigenvalue weighted by atomic mass is 9.31. The smallest absolute Gasteiger partial charge is 0.331 e. The Kier molecular flexibility index (Phi) is 12.5. The molecule has 5 N–H and O–H groups in total. The lowest BCUT2D eigenvalue weighted by Gasteiger charge is -2.76. The van der Waals surface area contributed by atoms with E-state index in [4.69, 9.17) is 9.47 Å². The number of aliphatic hydroxyl groups excluding tert-OH is 1. The van der Waals surface area contributed by atoms with Crippen molar-refractivity contribution in [3.63, 3.8) is 0 Å². The van der Waals surface area contributed by atoms with Crippen LogP contribution in [0.15, 0.2) is 84.4 Å². The maximum atomic E-state index is 16.2. The molecule has 3 aliphatic heterocycles. The minimum absolute atomic E-state index is 0.0298. The summed E-state index contributed by atoms with van der Waals surface area (Å²) in [6, 6.07) is 26.5. The summed E-state index contributed by atoms with van der Waals surface area (Å²) in [6.07, 6.45) is 18.3. The molecule has 18 rings (SSSR count). The van der Waals surface area contributed by atoms with E-state index in [2.05, 4.69) is 96.6 Å². The van der Waals surface area contributed by atoms with Crippen LogP contribution in [0.2, 0.25) is 0 Å². The van der Waals surface area contributed by atoms with E-state index in [1.54, 1.807) is 6.08 Å². The Balaban J connectivity index is 0.901. The molecule has 446 valence electrons. The molecule has 0 amide bonds. The van der Waals surface area contributed by atoms with Crippen molar-refractivity contribution in [3.8, 4) is 23.7 Å². The van der Waals surface area contributed by atoms with E-state index < -0.39 is 56.9 Å². The van der Waals surface area contributed by atoms with Crippen molar-refractivity contribution in [1.29, 1.82) is 0 Å². The summed E-state index contributed by atoms with van der Waals surface area (Å²) in [5.41, 5.74) is -0.223. The van der Waals surface area contributed by atoms with Gasteiger partial charge in [0.25, 0.3) is 0 Å². The normalized spacial score (nSPS) is 49.8. The van der Waals surface area contributed by atoms with Crippen LogP contribution in [0, 0.1) is 129 Å². The second-order valence-corrected chi connectivity index (χ2v) is 31.4. The van der Waals surface area contributed by atoms with Gasteiger partial charge in [0.1, 0.15) is 18.0 Å². The molecule has 9 nitrogen and oxygen atoms in total. The van der Waals surface area contributed by atoms with E-state index in [1.165, 1.54) is 42.2 Å². The number of esters is 1. The number of carbonyl (C=O) groups excluding carboxylic acids is 2. The van der Waals surface area contributed by atoms with Gasteiger partial charge >= 0.3 is 5.97 Å². The number of aldehydes is 1. The van der Waals surface area contributed by atoms with E-state index in [0.717, 1.165) is 73.6 Å². The third kappa shape index (κ3) is 7.30. The highest BCUT2D eigenvalue weighted by atomic mass is 16.5. The first-order valence-electron chi connectivity index (χ1n) is 34.0. The second kappa shape index (κ2) is 19.5. The Bertz CT molecular complexity index is 3390. The summed E-state index contributed by atoms with van der Waals surface area (Å²) in [4.78, 5) is 30.3. The Labute approximate surface area is 503 Å². The maximum Gasteiger partial charge on any atom is 0.331 e. The summed E-state index contributed by atoms with van der Waals surface area (Å²) in [7, 11) is 1.98. The van der Waals surface area contributed by atoms with Gasteiger partial charge in [-0.15, -0.1) is 5.92 Å². The zero-order valence-corrected chi connectivity index (χ0v) is 50.1. The van der Waals surface area contributed by atoms with Crippen LogP contribution >= 0.6 is 0 Å². The Morgan fingerprint density at radius 1 is 0.776 bits per heavy atom. The lowest BCUT2D eigenvalue weighted by molar-refractivity contribution is -0.375. The van der Waals surface area contributed by atoms with Crippen LogP contribution in [0.3, 0.4) is 0 Å². The summed E-state index contributed by atoms with van der Waals surface area (Å²) in [5, 5.41) is 60.8. The molecule has 9 saturated carbocycles. The van der Waals surface area contributed by atoms with Crippen molar-refractivity contribution in [2.45, 2.75) is 195 Å². The predicted octanol–water partition coefficient (Wildman–Crippen LogP) is 10.7. The zero-order valence-electron chi connectivity index (χ0n) is 50.1. The van der Waals surface area contributed by atoms with Crippen LogP contribution in [-0.2, 0) is 44.9 Å². The monoisotopic (exact) mass is 1140 g/mol. The fourth-order valence-corrected chi connectivity index (χ4v) is 26.1. The van der Waals surface area contributed by atoms with E-state index in [9.17, 15) is 9.90 Å². The first-order valence-corrected chi connectivity index (χ1v) is 34.0. The van der Waals surface area contributed by atoms with Crippen LogP contribution in [0.5, 0.6) is 0 Å². The molecule has 15 aliphatic rings. The van der Waals surface area contributed by atoms with Gasteiger partial charge in [-0.2, -0.15) is 0 Å². The van der Waals surface area contributed by atoms with Gasteiger partial charge in [-0.3, -0.25) is 0 Å². The molecule has 26 unspecified atom stereocenters. The number of likely N-dealkylation sites (N-methyl/N-ethyl adjacent to an activating group) is 1. The molecule has 17 bridgehead atoms. The van der Waals surface area contributed by atoms with Gasteiger partial charge < -0.3 is 40.0 Å². The van der Waals surface area contributed by atoms with Gasteiger partial charge in [-0.05, 0) is 240 Å². The standard InChI is InChI=1S/C76H89NO8/c1-43-49-21-20-46(29-49)28-44-11-8-12-45(27-44)30-56-33-54-34-60-58-19-10-17-51-37-71-26-7-6-15-48-16-9-18-52(40-78)59(48)35-65(77-2)61-32-53(67(71)62-36-66(80)85-68(61)62)38-75(71,82)74(81)39-55-31-50(43)22-24-64-70(84-56)73(54,41-72(42-79,69(51)74)76(55,64)83)63(60)25-23-57(58)47-13-4-3-5-14-47/h3-5,8-9,11-14,16,18,27,36,42-43,46,49-51,53-58,60-61,63-65,67-70,77-78,81-83H,7,19-26,28-35,37-41H2,1-2H3. The van der Waals surface area contributed by atoms with Crippen LogP contribution in [0.4, 0.5) is 0 Å². The third-order valence-electron chi connectivity index (χ3n) is 28.9. The largest absolute Gasteiger partial charge is 0.454 e. The van der Waals surface area contributed by atoms with Crippen LogP contribution in [0.1, 0.15) is 162 Å². The molecular formula is C76H89NO8. The molecule has 3 heterocycles. The molecule has 26 atom stereocenters. The molecule has 2 spiro atoms. The molecule has 3 aromatic rings. The van der Waals surface area contributed by atoms with E-state index in [0.29, 0.717) is 87.4 Å². The minimum Gasteiger partial charge on any atom is -0.454 e. The van der Waals surface area contributed by atoms with E-state index in [-0.39, 0.29) is 84.6 Å². The number of fused-ring (bicyclic) bond motifs is 11. The van der Waals surface area contributed by atoms with Gasteiger partial charge in [0.05, 0.1) is 35.4 Å². The minimum atomic E-state index is -1.85. The van der Waals surface area contributed by atoms with Crippen LogP contribution < -0.4 is 5.32 Å². The fourth-order valence-electron chi connectivity index (χ4n) is 26.1. The molecule has 1 saturated heterocycles. The molecule has 3 aromatic carbocycles. The summed E-state index contributed by atoms with van der Waals surface area (Å²) in [5.74, 6) is 15.3. The molecule has 9 heteroatoms. The number of aliphatic hydroxyl groups is 4. The average Bonchev–Trinajstić information content (AvgIpc) is 1.63. The SMILES string of the molecule is CNC1Cc2c(cccc2CO)C#CCCC23CC4C#CCC5C(c6ccccc6)CCC6C5CC5CC7Cc8cccc(c8)CC8CCC(C8)C(C)C8CCC9C(O7)C56CC5(C=O)C4C(O)(CC(C8)C95O)C2(O)CC2CC1C1OC(=O)C=C1C23. The average molecular weight is 1140 g/mol. The van der Waals surface area contributed by atoms with Crippen molar-refractivity contribution in [1.82, 2.24) is 5.32 Å². The molecule has 0 radical (unpaired) electrons. The summed E-state index contributed by atoms with van der Waals surface area (Å²) in [6.45, 7) is 2.39. The fraction of sp³-hybridized carbons (Fsp3) is 0.658. The number of nitrogens with one attached hydrogen (secondary N) is 1. The van der Waals surface area contributed by atoms with Crippen LogP contribution in [-0.4, -0.2) is 80.9 Å². The summed E-state index contributed by atoms with van der Waals surface area (Å²) < 4.78 is 14.7. The molecular weight excluding hydrogens is 1050 g/mol. The molecule has 85 heavy (non-hydrogen) atoms. The molecule has 10 fully saturated rings. The molecule has 12 aliphatic carbocycles. The highest BCUT2D eigenvalue weighted by Gasteiger charge is 2.87. The number of hydrogen-bond donors (Lipinski definition) is 5. The second-order valence-electron chi connectivity index (χ2n) is 31.4. The quantitative estimate of drug-likeness (QED) is 0.0979. The van der Waals surface area contributed by atoms with Gasteiger partial charge in [0.2, 0.25) is 0 Å². The van der Waals surface area contributed by atoms with Crippen molar-refractivity contribution < 1.29 is 39.5 Å². The number of hydrogen-bond acceptors (Lipinski definition) is 9. The number of benzene rings is 3. The first-order chi connectivity index (χ1) is 41.3. The maximum absolute atomic E-state index is 16.2. The van der Waals surface area contributed by atoms with E-state index in [1.807, 2.05) is 19.2 Å². The van der Waals surface area contributed by atoms with Gasteiger partial charge in [-0.25, -0.2) is 4.79 Å². The topological polar surface area (TPSA) is 146 Å². The number of rotatable bonds is 4. The van der Waals surface area contributed by atoms with Crippen molar-refractivity contribution in [2.24, 2.45) is 105 Å². The Morgan fingerprint density at radius 3 is 2.42 bits per heavy atom.